The maximum absolute atomic E-state index is 12.5. The van der Waals surface area contributed by atoms with E-state index in [9.17, 15) is 13.2 Å². The zero-order chi connectivity index (χ0) is 18.6. The molecular weight excluding hydrogens is 356 g/mol. The first-order valence-electron chi connectivity index (χ1n) is 8.30. The molecule has 0 saturated carbocycles. The molecule has 2 aromatic rings. The molecule has 8 heteroatoms. The molecule has 0 atom stereocenters. The number of hydrogen-bond acceptors (Lipinski definition) is 5. The molecule has 1 aliphatic heterocycles. The molecule has 7 nitrogen and oxygen atoms in total. The molecular formula is C18H20N2O5S. The fourth-order valence-electron chi connectivity index (χ4n) is 2.45. The maximum atomic E-state index is 12.5. The third-order valence-electron chi connectivity index (χ3n) is 3.76. The van der Waals surface area contributed by atoms with Gasteiger partial charge in [-0.2, -0.15) is 0 Å². The summed E-state index contributed by atoms with van der Waals surface area (Å²) in [5, 5.41) is 2.75. The minimum absolute atomic E-state index is 0.0689. The van der Waals surface area contributed by atoms with Crippen molar-refractivity contribution >= 4 is 21.6 Å². The van der Waals surface area contributed by atoms with Gasteiger partial charge in [-0.1, -0.05) is 6.92 Å². The number of anilines is 1. The van der Waals surface area contributed by atoms with Crippen molar-refractivity contribution in [3.63, 3.8) is 0 Å². The number of carbonyl (C=O) groups is 1. The zero-order valence-corrected chi connectivity index (χ0v) is 15.1. The quantitative estimate of drug-likeness (QED) is 0.807. The molecule has 1 heterocycles. The average molecular weight is 376 g/mol. The monoisotopic (exact) mass is 376 g/mol. The third kappa shape index (κ3) is 4.08. The highest BCUT2D eigenvalue weighted by Crippen LogP contribution is 2.33. The Morgan fingerprint density at radius 3 is 2.42 bits per heavy atom. The Labute approximate surface area is 152 Å². The topological polar surface area (TPSA) is 93.7 Å². The van der Waals surface area contributed by atoms with E-state index in [0.717, 1.165) is 6.42 Å². The largest absolute Gasteiger partial charge is 0.486 e. The van der Waals surface area contributed by atoms with Gasteiger partial charge in [-0.25, -0.2) is 8.42 Å². The Hall–Kier alpha value is -2.74. The lowest BCUT2D eigenvalue weighted by molar-refractivity contribution is 0.0953. The lowest BCUT2D eigenvalue weighted by Crippen LogP contribution is -2.24. The van der Waals surface area contributed by atoms with E-state index in [1.807, 2.05) is 6.92 Å². The number of fused-ring (bicyclic) bond motifs is 1. The van der Waals surface area contributed by atoms with E-state index < -0.39 is 10.0 Å². The standard InChI is InChI=1S/C18H20N2O5S/c1-2-9-19-18(21)13-3-6-15(7-4-13)26(22,23)20-14-5-8-16-17(12-14)25-11-10-24-16/h3-8,12,20H,2,9-11H2,1H3,(H,19,21). The first-order valence-corrected chi connectivity index (χ1v) is 9.78. The van der Waals surface area contributed by atoms with E-state index in [0.29, 0.717) is 42.5 Å². The van der Waals surface area contributed by atoms with Crippen LogP contribution in [0.25, 0.3) is 0 Å². The minimum Gasteiger partial charge on any atom is -0.486 e. The Balaban J connectivity index is 1.75. The number of amides is 1. The SMILES string of the molecule is CCCNC(=O)c1ccc(S(=O)(=O)Nc2ccc3c(c2)OCCO3)cc1. The zero-order valence-electron chi connectivity index (χ0n) is 14.3. The summed E-state index contributed by atoms with van der Waals surface area (Å²) in [6.07, 6.45) is 0.831. The van der Waals surface area contributed by atoms with Gasteiger partial charge in [0.15, 0.2) is 11.5 Å². The first-order chi connectivity index (χ1) is 12.5. The van der Waals surface area contributed by atoms with Crippen molar-refractivity contribution in [2.45, 2.75) is 18.2 Å². The molecule has 0 aromatic heterocycles. The third-order valence-corrected chi connectivity index (χ3v) is 5.15. The van der Waals surface area contributed by atoms with Crippen LogP contribution in [0.2, 0.25) is 0 Å². The van der Waals surface area contributed by atoms with Gasteiger partial charge in [0.05, 0.1) is 10.6 Å². The fourth-order valence-corrected chi connectivity index (χ4v) is 3.50. The van der Waals surface area contributed by atoms with Crippen LogP contribution in [-0.4, -0.2) is 34.1 Å². The molecule has 0 aliphatic carbocycles. The predicted molar refractivity (Wildman–Crippen MR) is 97.3 cm³/mol. The molecule has 1 aliphatic rings. The Kier molecular flexibility index (Phi) is 5.32. The Bertz CT molecular complexity index is 894. The van der Waals surface area contributed by atoms with Crippen molar-refractivity contribution in [1.82, 2.24) is 5.32 Å². The van der Waals surface area contributed by atoms with Gasteiger partial charge < -0.3 is 14.8 Å². The van der Waals surface area contributed by atoms with Crippen LogP contribution in [0, 0.1) is 0 Å². The number of nitrogens with one attached hydrogen (secondary N) is 2. The van der Waals surface area contributed by atoms with E-state index in [2.05, 4.69) is 10.0 Å². The molecule has 2 N–H and O–H groups in total. The summed E-state index contributed by atoms with van der Waals surface area (Å²) in [6.45, 7) is 3.42. The molecule has 0 unspecified atom stereocenters. The van der Waals surface area contributed by atoms with E-state index >= 15 is 0 Å². The summed E-state index contributed by atoms with van der Waals surface area (Å²) in [6, 6.07) is 10.6. The number of carbonyl (C=O) groups excluding carboxylic acids is 1. The minimum atomic E-state index is -3.78. The highest BCUT2D eigenvalue weighted by Gasteiger charge is 2.18. The molecule has 138 valence electrons. The molecule has 0 radical (unpaired) electrons. The second-order valence-corrected chi connectivity index (χ2v) is 7.43. The van der Waals surface area contributed by atoms with Gasteiger partial charge in [-0.15, -0.1) is 0 Å². The maximum Gasteiger partial charge on any atom is 0.261 e. The van der Waals surface area contributed by atoms with Crippen molar-refractivity contribution in [3.05, 3.63) is 48.0 Å². The molecule has 0 bridgehead atoms. The second kappa shape index (κ2) is 7.65. The molecule has 0 fully saturated rings. The lowest BCUT2D eigenvalue weighted by atomic mass is 10.2. The second-order valence-electron chi connectivity index (χ2n) is 5.74. The summed E-state index contributed by atoms with van der Waals surface area (Å²) in [7, 11) is -3.78. The average Bonchev–Trinajstić information content (AvgIpc) is 2.66. The Morgan fingerprint density at radius 2 is 1.73 bits per heavy atom. The van der Waals surface area contributed by atoms with Crippen molar-refractivity contribution in [3.8, 4) is 11.5 Å². The van der Waals surface area contributed by atoms with Gasteiger partial charge >= 0.3 is 0 Å². The van der Waals surface area contributed by atoms with Crippen molar-refractivity contribution in [1.29, 1.82) is 0 Å². The van der Waals surface area contributed by atoms with Gasteiger partial charge in [0, 0.05) is 18.2 Å². The van der Waals surface area contributed by atoms with Crippen LogP contribution in [0.5, 0.6) is 11.5 Å². The van der Waals surface area contributed by atoms with E-state index in [-0.39, 0.29) is 10.8 Å². The van der Waals surface area contributed by atoms with Crippen molar-refractivity contribution < 1.29 is 22.7 Å². The van der Waals surface area contributed by atoms with Crippen LogP contribution in [0.1, 0.15) is 23.7 Å². The van der Waals surface area contributed by atoms with Gasteiger partial charge in [-0.05, 0) is 42.8 Å². The van der Waals surface area contributed by atoms with Crippen molar-refractivity contribution in [2.75, 3.05) is 24.5 Å². The van der Waals surface area contributed by atoms with E-state index in [1.54, 1.807) is 18.2 Å². The van der Waals surface area contributed by atoms with Gasteiger partial charge in [-0.3, -0.25) is 9.52 Å². The van der Waals surface area contributed by atoms with Crippen LogP contribution in [-0.2, 0) is 10.0 Å². The predicted octanol–water partition coefficient (Wildman–Crippen LogP) is 2.40. The van der Waals surface area contributed by atoms with Gasteiger partial charge in [0.1, 0.15) is 13.2 Å². The van der Waals surface area contributed by atoms with Crippen LogP contribution in [0.4, 0.5) is 5.69 Å². The highest BCUT2D eigenvalue weighted by molar-refractivity contribution is 7.92. The number of rotatable bonds is 6. The van der Waals surface area contributed by atoms with Gasteiger partial charge in [0.25, 0.3) is 15.9 Å². The van der Waals surface area contributed by atoms with Crippen LogP contribution < -0.4 is 19.5 Å². The smallest absolute Gasteiger partial charge is 0.261 e. The summed E-state index contributed by atoms with van der Waals surface area (Å²) in [4.78, 5) is 12.0. The molecule has 2 aromatic carbocycles. The molecule has 3 rings (SSSR count). The molecule has 26 heavy (non-hydrogen) atoms. The molecule has 0 spiro atoms. The summed E-state index contributed by atoms with van der Waals surface area (Å²) >= 11 is 0. The van der Waals surface area contributed by atoms with Crippen molar-refractivity contribution in [2.24, 2.45) is 0 Å². The van der Waals surface area contributed by atoms with Crippen LogP contribution in [0.15, 0.2) is 47.4 Å². The normalized spacial score (nSPS) is 13.1. The number of hydrogen-bond donors (Lipinski definition) is 2. The number of benzene rings is 2. The lowest BCUT2D eigenvalue weighted by Gasteiger charge is -2.19. The fraction of sp³-hybridized carbons (Fsp3) is 0.278. The van der Waals surface area contributed by atoms with Crippen LogP contribution in [0.3, 0.4) is 0 Å². The summed E-state index contributed by atoms with van der Waals surface area (Å²) in [5.74, 6) is 0.858. The van der Waals surface area contributed by atoms with E-state index in [1.165, 1.54) is 24.3 Å². The van der Waals surface area contributed by atoms with Crippen LogP contribution >= 0.6 is 0 Å². The first kappa shape index (κ1) is 18.1. The number of sulfonamides is 1. The molecule has 1 amide bonds. The summed E-state index contributed by atoms with van der Waals surface area (Å²) < 4.78 is 38.5. The van der Waals surface area contributed by atoms with Gasteiger partial charge in [0.2, 0.25) is 0 Å². The highest BCUT2D eigenvalue weighted by atomic mass is 32.2. The Morgan fingerprint density at radius 1 is 1.04 bits per heavy atom. The number of ether oxygens (including phenoxy) is 2. The molecule has 0 saturated heterocycles. The van der Waals surface area contributed by atoms with E-state index in [4.69, 9.17) is 9.47 Å². The summed E-state index contributed by atoms with van der Waals surface area (Å²) in [5.41, 5.74) is 0.788.